The van der Waals surface area contributed by atoms with E-state index in [-0.39, 0.29) is 13.0 Å². The van der Waals surface area contributed by atoms with E-state index in [9.17, 15) is 19.1 Å². The van der Waals surface area contributed by atoms with Gasteiger partial charge in [-0.2, -0.15) is 5.26 Å². The summed E-state index contributed by atoms with van der Waals surface area (Å²) < 4.78 is 13.1. The van der Waals surface area contributed by atoms with Crippen LogP contribution in [0.3, 0.4) is 0 Å². The largest absolute Gasteiger partial charge is 0.387 e. The Kier molecular flexibility index (Phi) is 6.20. The molecule has 2 rings (SSSR count). The Labute approximate surface area is 143 Å². The number of hydrogen-bond acceptors (Lipinski definition) is 4. The molecule has 0 fully saturated rings. The maximum atomic E-state index is 13.1. The number of aliphatic hydroxyl groups excluding tert-OH is 1. The first kappa shape index (κ1) is 18.1. The summed E-state index contributed by atoms with van der Waals surface area (Å²) in [5, 5.41) is 23.2. The van der Waals surface area contributed by atoms with Crippen molar-refractivity contribution in [3.8, 4) is 6.07 Å². The van der Waals surface area contributed by atoms with Crippen LogP contribution in [0.15, 0.2) is 48.5 Å². The molecule has 0 saturated carbocycles. The first-order valence-corrected chi connectivity index (χ1v) is 7.48. The highest BCUT2D eigenvalue weighted by molar-refractivity contribution is 6.39. The van der Waals surface area contributed by atoms with Gasteiger partial charge in [-0.3, -0.25) is 9.59 Å². The van der Waals surface area contributed by atoms with Crippen LogP contribution in [0.2, 0.25) is 0 Å². The number of hydrogen-bond donors (Lipinski definition) is 3. The van der Waals surface area contributed by atoms with Crippen LogP contribution in [0.25, 0.3) is 0 Å². The van der Waals surface area contributed by atoms with Crippen LogP contribution in [0.4, 0.5) is 10.1 Å². The van der Waals surface area contributed by atoms with E-state index in [0.29, 0.717) is 11.3 Å². The third-order valence-electron chi connectivity index (χ3n) is 3.39. The van der Waals surface area contributed by atoms with E-state index in [1.165, 1.54) is 18.2 Å². The van der Waals surface area contributed by atoms with Gasteiger partial charge in [0.25, 0.3) is 0 Å². The van der Waals surface area contributed by atoms with Crippen LogP contribution < -0.4 is 10.6 Å². The summed E-state index contributed by atoms with van der Waals surface area (Å²) in [7, 11) is 0. The molecular weight excluding hydrogens is 325 g/mol. The molecule has 1 unspecified atom stereocenters. The topological polar surface area (TPSA) is 102 Å². The lowest BCUT2D eigenvalue weighted by atomic mass is 10.1. The highest BCUT2D eigenvalue weighted by atomic mass is 19.1. The Morgan fingerprint density at radius 1 is 1.16 bits per heavy atom. The van der Waals surface area contributed by atoms with Gasteiger partial charge >= 0.3 is 11.8 Å². The minimum atomic E-state index is -1.13. The van der Waals surface area contributed by atoms with Crippen molar-refractivity contribution < 1.29 is 19.1 Å². The fourth-order valence-electron chi connectivity index (χ4n) is 2.09. The molecule has 0 saturated heterocycles. The van der Waals surface area contributed by atoms with Gasteiger partial charge in [0.1, 0.15) is 5.82 Å². The molecule has 6 nitrogen and oxygen atoms in total. The van der Waals surface area contributed by atoms with E-state index in [0.717, 1.165) is 11.6 Å². The maximum absolute atomic E-state index is 13.1. The van der Waals surface area contributed by atoms with Crippen LogP contribution in [0, 0.1) is 17.1 Å². The molecular formula is C18H16FN3O3. The van der Waals surface area contributed by atoms with Crippen molar-refractivity contribution >= 4 is 17.5 Å². The van der Waals surface area contributed by atoms with Gasteiger partial charge in [-0.1, -0.05) is 24.3 Å². The van der Waals surface area contributed by atoms with E-state index >= 15 is 0 Å². The zero-order chi connectivity index (χ0) is 18.2. The van der Waals surface area contributed by atoms with E-state index in [4.69, 9.17) is 5.26 Å². The maximum Gasteiger partial charge on any atom is 0.313 e. The van der Waals surface area contributed by atoms with Gasteiger partial charge in [0, 0.05) is 12.2 Å². The molecule has 0 aliphatic rings. The van der Waals surface area contributed by atoms with Crippen LogP contribution in [-0.2, 0) is 16.0 Å². The van der Waals surface area contributed by atoms with Crippen molar-refractivity contribution in [1.82, 2.24) is 5.32 Å². The molecule has 7 heteroatoms. The lowest BCUT2D eigenvalue weighted by Crippen LogP contribution is -2.37. The molecule has 0 radical (unpaired) electrons. The van der Waals surface area contributed by atoms with Gasteiger partial charge in [-0.25, -0.2) is 4.39 Å². The van der Waals surface area contributed by atoms with E-state index in [1.807, 2.05) is 6.07 Å². The fourth-order valence-corrected chi connectivity index (χ4v) is 2.09. The number of carbonyl (C=O) groups excluding carboxylic acids is 2. The van der Waals surface area contributed by atoms with Gasteiger partial charge in [-0.05, 0) is 35.4 Å². The number of carbonyl (C=O) groups is 2. The zero-order valence-corrected chi connectivity index (χ0v) is 13.2. The normalized spacial score (nSPS) is 11.2. The van der Waals surface area contributed by atoms with E-state index < -0.39 is 23.7 Å². The number of benzene rings is 2. The summed E-state index contributed by atoms with van der Waals surface area (Å²) in [6, 6.07) is 13.9. The number of rotatable bonds is 5. The lowest BCUT2D eigenvalue weighted by molar-refractivity contribution is -0.136. The number of nitriles is 1. The quantitative estimate of drug-likeness (QED) is 0.720. The average molecular weight is 341 g/mol. The van der Waals surface area contributed by atoms with Gasteiger partial charge < -0.3 is 15.7 Å². The summed E-state index contributed by atoms with van der Waals surface area (Å²) in [6.07, 6.45) is -0.870. The molecule has 0 heterocycles. The predicted molar refractivity (Wildman–Crippen MR) is 88.8 cm³/mol. The van der Waals surface area contributed by atoms with Crippen LogP contribution in [0.5, 0.6) is 0 Å². The minimum absolute atomic E-state index is 0.225. The van der Waals surface area contributed by atoms with Crippen LogP contribution in [0.1, 0.15) is 17.2 Å². The molecule has 3 N–H and O–H groups in total. The molecule has 0 aliphatic heterocycles. The minimum Gasteiger partial charge on any atom is -0.387 e. The summed E-state index contributed by atoms with van der Waals surface area (Å²) in [5.41, 5.74) is 1.50. The molecule has 0 spiro atoms. The molecule has 0 bridgehead atoms. The SMILES string of the molecule is N#CCc1ccc(NC(=O)C(=O)NCC(O)c2cccc(F)c2)cc1. The van der Waals surface area contributed by atoms with Gasteiger partial charge in [0.05, 0.1) is 18.6 Å². The van der Waals surface area contributed by atoms with E-state index in [2.05, 4.69) is 10.6 Å². The monoisotopic (exact) mass is 341 g/mol. The highest BCUT2D eigenvalue weighted by Gasteiger charge is 2.16. The van der Waals surface area contributed by atoms with Crippen molar-refractivity contribution in [2.75, 3.05) is 11.9 Å². The average Bonchev–Trinajstić information content (AvgIpc) is 2.61. The Hall–Kier alpha value is -3.24. The highest BCUT2D eigenvalue weighted by Crippen LogP contribution is 2.13. The second kappa shape index (κ2) is 8.57. The first-order valence-electron chi connectivity index (χ1n) is 7.48. The Bertz CT molecular complexity index is 800. The van der Waals surface area contributed by atoms with Crippen LogP contribution in [-0.4, -0.2) is 23.5 Å². The molecule has 2 aromatic carbocycles. The molecule has 128 valence electrons. The Balaban J connectivity index is 1.85. The van der Waals surface area contributed by atoms with Gasteiger partial charge in [-0.15, -0.1) is 0 Å². The summed E-state index contributed by atoms with van der Waals surface area (Å²) in [5.74, 6) is -2.31. The van der Waals surface area contributed by atoms with Gasteiger partial charge in [0.2, 0.25) is 0 Å². The second-order valence-electron chi connectivity index (χ2n) is 5.27. The van der Waals surface area contributed by atoms with E-state index in [1.54, 1.807) is 24.3 Å². The summed E-state index contributed by atoms with van der Waals surface area (Å²) >= 11 is 0. The van der Waals surface area contributed by atoms with Crippen molar-refractivity contribution in [2.24, 2.45) is 0 Å². The summed E-state index contributed by atoms with van der Waals surface area (Å²) in [4.78, 5) is 23.6. The second-order valence-corrected chi connectivity index (χ2v) is 5.27. The van der Waals surface area contributed by atoms with Gasteiger partial charge in [0.15, 0.2) is 0 Å². The third-order valence-corrected chi connectivity index (χ3v) is 3.39. The predicted octanol–water partition coefficient (Wildman–Crippen LogP) is 1.68. The molecule has 25 heavy (non-hydrogen) atoms. The smallest absolute Gasteiger partial charge is 0.313 e. The molecule has 0 aromatic heterocycles. The number of anilines is 1. The molecule has 2 aromatic rings. The summed E-state index contributed by atoms with van der Waals surface area (Å²) in [6.45, 7) is -0.225. The van der Waals surface area contributed by atoms with Crippen molar-refractivity contribution in [2.45, 2.75) is 12.5 Å². The van der Waals surface area contributed by atoms with Crippen molar-refractivity contribution in [3.05, 3.63) is 65.5 Å². The number of aliphatic hydroxyl groups is 1. The fraction of sp³-hybridized carbons (Fsp3) is 0.167. The standard InChI is InChI=1S/C18H16FN3O3/c19-14-3-1-2-13(10-14)16(23)11-21-17(24)18(25)22-15-6-4-12(5-7-15)8-9-20/h1-7,10,16,23H,8,11H2,(H,21,24)(H,22,25). The Morgan fingerprint density at radius 2 is 1.88 bits per heavy atom. The first-order chi connectivity index (χ1) is 12.0. The zero-order valence-electron chi connectivity index (χ0n) is 13.2. The van der Waals surface area contributed by atoms with Crippen molar-refractivity contribution in [3.63, 3.8) is 0 Å². The molecule has 2 amide bonds. The molecule has 0 aliphatic carbocycles. The number of nitrogens with one attached hydrogen (secondary N) is 2. The van der Waals surface area contributed by atoms with Crippen LogP contribution >= 0.6 is 0 Å². The molecule has 1 atom stereocenters. The lowest BCUT2D eigenvalue weighted by Gasteiger charge is -2.12. The van der Waals surface area contributed by atoms with Crippen molar-refractivity contribution in [1.29, 1.82) is 5.26 Å². The Morgan fingerprint density at radius 3 is 2.52 bits per heavy atom. The number of nitrogens with zero attached hydrogens (tertiary/aromatic N) is 1. The number of amides is 2. The number of halogens is 1. The third kappa shape index (κ3) is 5.41.